The van der Waals surface area contributed by atoms with Gasteiger partial charge in [-0.2, -0.15) is 0 Å². The maximum atomic E-state index is 6.51. The number of hydrogen-bond donors (Lipinski definition) is 0. The summed E-state index contributed by atoms with van der Waals surface area (Å²) in [5, 5.41) is 4.25. The van der Waals surface area contributed by atoms with Crippen molar-refractivity contribution in [1.29, 1.82) is 0 Å². The minimum Gasteiger partial charge on any atom is -0.456 e. The molecular weight excluding hydrogens is 769 g/mol. The summed E-state index contributed by atoms with van der Waals surface area (Å²) in [7, 11) is 0. The maximum absolute atomic E-state index is 6.51. The number of hydrogen-bond acceptors (Lipinski definition) is 4. The summed E-state index contributed by atoms with van der Waals surface area (Å²) in [5.41, 5.74) is 14.4. The molecule has 3 heterocycles. The average molecular weight is 809 g/mol. The van der Waals surface area contributed by atoms with Crippen molar-refractivity contribution in [2.75, 3.05) is 0 Å². The largest absolute Gasteiger partial charge is 0.456 e. The molecule has 63 heavy (non-hydrogen) atoms. The van der Waals surface area contributed by atoms with Crippen LogP contribution in [-0.4, -0.2) is 19.5 Å². The third-order valence-corrected chi connectivity index (χ3v) is 11.8. The zero-order valence-corrected chi connectivity index (χ0v) is 34.6. The summed E-state index contributed by atoms with van der Waals surface area (Å²) in [6, 6.07) is 69.4. The van der Waals surface area contributed by atoms with E-state index in [2.05, 4.69) is 206 Å². The number of rotatable bonds is 8. The number of allylic oxidation sites excluding steroid dienone is 2. The van der Waals surface area contributed by atoms with E-state index < -0.39 is 0 Å². The molecule has 0 atom stereocenters. The molecule has 0 N–H and O–H groups in total. The Balaban J connectivity index is 0.927. The number of aromatic nitrogens is 4. The standard InChI is InChI=1S/C58H40N4O/c1-38(22-35-54-39(2)50-36-51-49-20-12-13-21-52(49)62(48-18-10-5-11-19-48)53(51)37-55(50)63-54)40-23-29-45(30-24-40)56-59-57(46-31-25-43(26-32-46)41-14-6-3-7-15-41)61-58(60-56)47-33-27-44(28-34-47)42-16-8-4-9-17-42/h3-37H,2H2,1H3/b38-22+,54-35+. The van der Waals surface area contributed by atoms with E-state index in [0.29, 0.717) is 17.5 Å². The second kappa shape index (κ2) is 15.9. The van der Waals surface area contributed by atoms with Gasteiger partial charge in [0.1, 0.15) is 11.0 Å². The molecular formula is C58H40N4O. The predicted molar refractivity (Wildman–Crippen MR) is 260 cm³/mol. The Hall–Kier alpha value is -8.41. The normalized spacial score (nSPS) is 12.1. The quantitative estimate of drug-likeness (QED) is 0.153. The molecule has 11 rings (SSSR count). The van der Waals surface area contributed by atoms with Crippen LogP contribution < -0.4 is 10.6 Å². The van der Waals surface area contributed by atoms with Crippen molar-refractivity contribution < 1.29 is 4.42 Å². The van der Waals surface area contributed by atoms with Crippen LogP contribution in [0, 0.1) is 0 Å². The topological polar surface area (TPSA) is 56.7 Å². The average Bonchev–Trinajstić information content (AvgIpc) is 3.85. The molecule has 0 aliphatic heterocycles. The van der Waals surface area contributed by atoms with Crippen LogP contribution in [0.4, 0.5) is 0 Å². The SMILES string of the molecule is C=c1/c(=C\C=C(/C)c2ccc(-c3nc(-c4ccc(-c5ccccc5)cc4)nc(-c4ccc(-c5ccccc5)cc4)n3)cc2)oc2cc3c(cc12)c1ccccc1n3-c1ccccc1. The lowest BCUT2D eigenvalue weighted by atomic mass is 10.0. The van der Waals surface area contributed by atoms with Gasteiger partial charge in [-0.05, 0) is 70.7 Å². The zero-order valence-electron chi connectivity index (χ0n) is 34.6. The fourth-order valence-electron chi connectivity index (χ4n) is 8.45. The van der Waals surface area contributed by atoms with Crippen molar-refractivity contribution in [3.63, 3.8) is 0 Å². The Bertz CT molecular complexity index is 3490. The van der Waals surface area contributed by atoms with E-state index in [1.165, 1.54) is 10.8 Å². The van der Waals surface area contributed by atoms with E-state index in [9.17, 15) is 0 Å². The molecule has 0 saturated carbocycles. The monoisotopic (exact) mass is 808 g/mol. The van der Waals surface area contributed by atoms with Gasteiger partial charge in [0.05, 0.1) is 11.0 Å². The highest BCUT2D eigenvalue weighted by molar-refractivity contribution is 6.13. The Morgan fingerprint density at radius 2 is 0.921 bits per heavy atom. The van der Waals surface area contributed by atoms with E-state index in [-0.39, 0.29) is 0 Å². The van der Waals surface area contributed by atoms with E-state index in [1.807, 2.05) is 24.3 Å². The van der Waals surface area contributed by atoms with Crippen LogP contribution in [0.1, 0.15) is 12.5 Å². The number of benzene rings is 8. The fourth-order valence-corrected chi connectivity index (χ4v) is 8.45. The van der Waals surface area contributed by atoms with Crippen LogP contribution in [0.15, 0.2) is 211 Å². The molecule has 0 spiro atoms. The van der Waals surface area contributed by atoms with E-state index in [4.69, 9.17) is 19.4 Å². The Morgan fingerprint density at radius 3 is 1.48 bits per heavy atom. The highest BCUT2D eigenvalue weighted by atomic mass is 16.3. The molecule has 11 aromatic rings. The van der Waals surface area contributed by atoms with Crippen molar-refractivity contribution in [3.8, 4) is 62.1 Å². The highest BCUT2D eigenvalue weighted by Gasteiger charge is 2.16. The highest BCUT2D eigenvalue weighted by Crippen LogP contribution is 2.34. The van der Waals surface area contributed by atoms with Crippen molar-refractivity contribution in [3.05, 3.63) is 222 Å². The minimum atomic E-state index is 0.610. The van der Waals surface area contributed by atoms with Crippen LogP contribution >= 0.6 is 0 Å². The van der Waals surface area contributed by atoms with Gasteiger partial charge in [0.15, 0.2) is 17.5 Å². The molecule has 0 aliphatic carbocycles. The first-order chi connectivity index (χ1) is 31.0. The molecule has 0 unspecified atom stereocenters. The van der Waals surface area contributed by atoms with Crippen LogP contribution in [-0.2, 0) is 0 Å². The first kappa shape index (κ1) is 37.6. The summed E-state index contributed by atoms with van der Waals surface area (Å²) in [4.78, 5) is 15.1. The molecule has 3 aromatic heterocycles. The number of para-hydroxylation sites is 2. The lowest BCUT2D eigenvalue weighted by Gasteiger charge is -2.10. The molecule has 5 nitrogen and oxygen atoms in total. The van der Waals surface area contributed by atoms with Crippen molar-refractivity contribution in [1.82, 2.24) is 19.5 Å². The van der Waals surface area contributed by atoms with Gasteiger partial charge in [-0.1, -0.05) is 183 Å². The van der Waals surface area contributed by atoms with Crippen LogP contribution in [0.25, 0.3) is 113 Å². The number of nitrogens with zero attached hydrogens (tertiary/aromatic N) is 4. The summed E-state index contributed by atoms with van der Waals surface area (Å²) < 4.78 is 8.82. The minimum absolute atomic E-state index is 0.610. The predicted octanol–water partition coefficient (Wildman–Crippen LogP) is 13.3. The molecule has 0 bridgehead atoms. The molecule has 5 heteroatoms. The second-order valence-corrected chi connectivity index (χ2v) is 15.8. The van der Waals surface area contributed by atoms with Gasteiger partial charge in [-0.25, -0.2) is 15.0 Å². The molecule has 0 radical (unpaired) electrons. The zero-order chi connectivity index (χ0) is 42.3. The van der Waals surface area contributed by atoms with Crippen LogP contribution in [0.3, 0.4) is 0 Å². The Morgan fingerprint density at radius 1 is 0.460 bits per heavy atom. The van der Waals surface area contributed by atoms with Gasteiger partial charge in [-0.3, -0.25) is 0 Å². The summed E-state index contributed by atoms with van der Waals surface area (Å²) in [6.07, 6.45) is 4.12. The van der Waals surface area contributed by atoms with Crippen molar-refractivity contribution in [2.24, 2.45) is 0 Å². The van der Waals surface area contributed by atoms with E-state index >= 15 is 0 Å². The molecule has 0 saturated heterocycles. The van der Waals surface area contributed by atoms with Crippen LogP contribution in [0.5, 0.6) is 0 Å². The molecule has 0 aliphatic rings. The Kier molecular flexibility index (Phi) is 9.48. The molecule has 8 aromatic carbocycles. The van der Waals surface area contributed by atoms with Crippen molar-refractivity contribution in [2.45, 2.75) is 6.92 Å². The number of fused-ring (bicyclic) bond motifs is 4. The molecule has 0 fully saturated rings. The van der Waals surface area contributed by atoms with Crippen molar-refractivity contribution >= 4 is 51.0 Å². The second-order valence-electron chi connectivity index (χ2n) is 15.8. The fraction of sp³-hybridized carbons (Fsp3) is 0.0172. The van der Waals surface area contributed by atoms with Gasteiger partial charge in [0, 0.05) is 49.8 Å². The van der Waals surface area contributed by atoms with Gasteiger partial charge >= 0.3 is 0 Å². The Labute approximate surface area is 365 Å². The van der Waals surface area contributed by atoms with Gasteiger partial charge in [0.2, 0.25) is 0 Å². The smallest absolute Gasteiger partial charge is 0.164 e. The van der Waals surface area contributed by atoms with Gasteiger partial charge < -0.3 is 8.98 Å². The molecule has 0 amide bonds. The maximum Gasteiger partial charge on any atom is 0.164 e. The summed E-state index contributed by atoms with van der Waals surface area (Å²) >= 11 is 0. The molecule has 298 valence electrons. The first-order valence-electron chi connectivity index (χ1n) is 21.1. The lowest BCUT2D eigenvalue weighted by Crippen LogP contribution is -2.17. The summed E-state index contributed by atoms with van der Waals surface area (Å²) in [6.45, 7) is 6.58. The third kappa shape index (κ3) is 7.11. The van der Waals surface area contributed by atoms with E-state index in [1.54, 1.807) is 0 Å². The number of furan rings is 1. The first-order valence-corrected chi connectivity index (χ1v) is 21.1. The third-order valence-electron chi connectivity index (χ3n) is 11.8. The lowest BCUT2D eigenvalue weighted by molar-refractivity contribution is 0.576. The van der Waals surface area contributed by atoms with Crippen LogP contribution in [0.2, 0.25) is 0 Å². The van der Waals surface area contributed by atoms with Gasteiger partial charge in [-0.15, -0.1) is 0 Å². The summed E-state index contributed by atoms with van der Waals surface area (Å²) in [5.74, 6) is 1.85. The van der Waals surface area contributed by atoms with E-state index in [0.717, 1.165) is 88.4 Å². The van der Waals surface area contributed by atoms with Gasteiger partial charge in [0.25, 0.3) is 0 Å².